The van der Waals surface area contributed by atoms with Gasteiger partial charge in [0, 0.05) is 23.0 Å². The van der Waals surface area contributed by atoms with Crippen LogP contribution in [-0.4, -0.2) is 19.2 Å². The number of halogens is 1. The van der Waals surface area contributed by atoms with E-state index in [1.54, 1.807) is 0 Å². The molecule has 0 amide bonds. The molecule has 1 saturated carbocycles. The molecule has 0 aliphatic heterocycles. The van der Waals surface area contributed by atoms with Gasteiger partial charge in [0.05, 0.1) is 6.61 Å². The highest BCUT2D eigenvalue weighted by Gasteiger charge is 2.20. The molecule has 1 atom stereocenters. The van der Waals surface area contributed by atoms with Crippen LogP contribution in [0.4, 0.5) is 0 Å². The van der Waals surface area contributed by atoms with Crippen LogP contribution in [0.2, 0.25) is 0 Å². The van der Waals surface area contributed by atoms with Crippen molar-refractivity contribution in [3.05, 3.63) is 28.7 Å². The number of hydrogen-bond donors (Lipinski definition) is 1. The van der Waals surface area contributed by atoms with E-state index in [1.165, 1.54) is 12.8 Å². The van der Waals surface area contributed by atoms with E-state index in [2.05, 4.69) is 28.2 Å². The summed E-state index contributed by atoms with van der Waals surface area (Å²) < 4.78 is 6.79. The third kappa shape index (κ3) is 4.14. The SMILES string of the molecule is CC(CNC1CC1)COc1cccc(Br)c1. The molecule has 3 heteroatoms. The lowest BCUT2D eigenvalue weighted by Crippen LogP contribution is -2.26. The molecule has 88 valence electrons. The molecule has 1 aromatic rings. The number of nitrogens with one attached hydrogen (secondary N) is 1. The molecular weight excluding hydrogens is 266 g/mol. The van der Waals surface area contributed by atoms with Gasteiger partial charge in [0.2, 0.25) is 0 Å². The number of hydrogen-bond acceptors (Lipinski definition) is 2. The highest BCUT2D eigenvalue weighted by atomic mass is 79.9. The average molecular weight is 284 g/mol. The number of ether oxygens (including phenoxy) is 1. The summed E-state index contributed by atoms with van der Waals surface area (Å²) in [5.41, 5.74) is 0. The van der Waals surface area contributed by atoms with Crippen molar-refractivity contribution >= 4 is 15.9 Å². The fraction of sp³-hybridized carbons (Fsp3) is 0.538. The van der Waals surface area contributed by atoms with Gasteiger partial charge in [0.25, 0.3) is 0 Å². The third-order valence-corrected chi connectivity index (χ3v) is 3.16. The summed E-state index contributed by atoms with van der Waals surface area (Å²) in [6.07, 6.45) is 2.69. The third-order valence-electron chi connectivity index (χ3n) is 2.66. The van der Waals surface area contributed by atoms with Crippen LogP contribution in [0.15, 0.2) is 28.7 Å². The summed E-state index contributed by atoms with van der Waals surface area (Å²) in [6, 6.07) is 8.78. The fourth-order valence-corrected chi connectivity index (χ4v) is 1.89. The fourth-order valence-electron chi connectivity index (χ4n) is 1.51. The van der Waals surface area contributed by atoms with Crippen LogP contribution < -0.4 is 10.1 Å². The van der Waals surface area contributed by atoms with Gasteiger partial charge in [-0.1, -0.05) is 28.9 Å². The maximum Gasteiger partial charge on any atom is 0.120 e. The minimum Gasteiger partial charge on any atom is -0.493 e. The Hall–Kier alpha value is -0.540. The molecule has 1 aromatic carbocycles. The second-order valence-corrected chi connectivity index (χ2v) is 5.47. The lowest BCUT2D eigenvalue weighted by Gasteiger charge is -2.13. The van der Waals surface area contributed by atoms with Crippen LogP contribution in [0.1, 0.15) is 19.8 Å². The summed E-state index contributed by atoms with van der Waals surface area (Å²) in [6.45, 7) is 4.04. The van der Waals surface area contributed by atoms with Crippen LogP contribution in [0.5, 0.6) is 5.75 Å². The summed E-state index contributed by atoms with van der Waals surface area (Å²) in [5, 5.41) is 3.51. The first kappa shape index (κ1) is 11.9. The first-order valence-corrected chi connectivity index (χ1v) is 6.65. The van der Waals surface area contributed by atoms with Gasteiger partial charge >= 0.3 is 0 Å². The van der Waals surface area contributed by atoms with E-state index in [9.17, 15) is 0 Å². The lowest BCUT2D eigenvalue weighted by molar-refractivity contribution is 0.255. The minimum atomic E-state index is 0.555. The highest BCUT2D eigenvalue weighted by Crippen LogP contribution is 2.20. The zero-order valence-corrected chi connectivity index (χ0v) is 11.2. The van der Waals surface area contributed by atoms with Crippen LogP contribution in [-0.2, 0) is 0 Å². The van der Waals surface area contributed by atoms with Gasteiger partial charge in [-0.2, -0.15) is 0 Å². The number of benzene rings is 1. The molecule has 1 aliphatic rings. The van der Waals surface area contributed by atoms with Crippen molar-refractivity contribution in [3.63, 3.8) is 0 Å². The van der Waals surface area contributed by atoms with Crippen LogP contribution in [0.3, 0.4) is 0 Å². The Balaban J connectivity index is 1.69. The predicted octanol–water partition coefficient (Wildman–Crippen LogP) is 3.22. The Morgan fingerprint density at radius 1 is 1.50 bits per heavy atom. The van der Waals surface area contributed by atoms with Crippen molar-refractivity contribution < 1.29 is 4.74 Å². The minimum absolute atomic E-state index is 0.555. The molecule has 0 radical (unpaired) electrons. The molecule has 16 heavy (non-hydrogen) atoms. The maximum atomic E-state index is 5.73. The molecule has 0 bridgehead atoms. The van der Waals surface area contributed by atoms with Gasteiger partial charge in [-0.05, 0) is 31.0 Å². The van der Waals surface area contributed by atoms with Crippen molar-refractivity contribution in [2.45, 2.75) is 25.8 Å². The maximum absolute atomic E-state index is 5.73. The molecule has 0 spiro atoms. The van der Waals surface area contributed by atoms with Crippen molar-refractivity contribution in [2.24, 2.45) is 5.92 Å². The van der Waals surface area contributed by atoms with Crippen molar-refractivity contribution in [2.75, 3.05) is 13.2 Å². The molecule has 0 heterocycles. The normalized spacial score (nSPS) is 17.1. The monoisotopic (exact) mass is 283 g/mol. The van der Waals surface area contributed by atoms with Crippen LogP contribution >= 0.6 is 15.9 Å². The molecule has 1 aliphatic carbocycles. The zero-order valence-electron chi connectivity index (χ0n) is 9.58. The van der Waals surface area contributed by atoms with E-state index in [0.717, 1.165) is 29.4 Å². The Morgan fingerprint density at radius 3 is 3.00 bits per heavy atom. The summed E-state index contributed by atoms with van der Waals surface area (Å²) in [4.78, 5) is 0. The second kappa shape index (κ2) is 5.69. The number of rotatable bonds is 6. The second-order valence-electron chi connectivity index (χ2n) is 4.56. The van der Waals surface area contributed by atoms with E-state index in [-0.39, 0.29) is 0 Å². The van der Waals surface area contributed by atoms with Gasteiger partial charge in [-0.15, -0.1) is 0 Å². The van der Waals surface area contributed by atoms with Gasteiger partial charge in [0.1, 0.15) is 5.75 Å². The lowest BCUT2D eigenvalue weighted by atomic mass is 10.2. The van der Waals surface area contributed by atoms with Crippen LogP contribution in [0.25, 0.3) is 0 Å². The van der Waals surface area contributed by atoms with Crippen molar-refractivity contribution in [1.29, 1.82) is 0 Å². The van der Waals surface area contributed by atoms with E-state index in [0.29, 0.717) is 5.92 Å². The molecule has 0 aromatic heterocycles. The van der Waals surface area contributed by atoms with E-state index in [4.69, 9.17) is 4.74 Å². The molecule has 1 N–H and O–H groups in total. The van der Waals surface area contributed by atoms with Gasteiger partial charge in [0.15, 0.2) is 0 Å². The van der Waals surface area contributed by atoms with Crippen molar-refractivity contribution in [1.82, 2.24) is 5.32 Å². The van der Waals surface area contributed by atoms with E-state index in [1.807, 2.05) is 24.3 Å². The Morgan fingerprint density at radius 2 is 2.31 bits per heavy atom. The standard InChI is InChI=1S/C13H18BrNO/c1-10(8-15-12-5-6-12)9-16-13-4-2-3-11(14)7-13/h2-4,7,10,12,15H,5-6,8-9H2,1H3. The Bertz CT molecular complexity index is 338. The average Bonchev–Trinajstić information content (AvgIpc) is 3.07. The topological polar surface area (TPSA) is 21.3 Å². The molecule has 0 saturated heterocycles. The Kier molecular flexibility index (Phi) is 4.24. The summed E-state index contributed by atoms with van der Waals surface area (Å²) in [7, 11) is 0. The van der Waals surface area contributed by atoms with E-state index < -0.39 is 0 Å². The zero-order chi connectivity index (χ0) is 11.4. The summed E-state index contributed by atoms with van der Waals surface area (Å²) in [5.74, 6) is 1.49. The largest absolute Gasteiger partial charge is 0.493 e. The molecule has 2 rings (SSSR count). The van der Waals surface area contributed by atoms with Crippen molar-refractivity contribution in [3.8, 4) is 5.75 Å². The quantitative estimate of drug-likeness (QED) is 0.866. The molecule has 2 nitrogen and oxygen atoms in total. The first-order chi connectivity index (χ1) is 7.74. The smallest absolute Gasteiger partial charge is 0.120 e. The van der Waals surface area contributed by atoms with Crippen LogP contribution in [0, 0.1) is 5.92 Å². The van der Waals surface area contributed by atoms with Gasteiger partial charge < -0.3 is 10.1 Å². The molecule has 1 unspecified atom stereocenters. The van der Waals surface area contributed by atoms with Gasteiger partial charge in [-0.25, -0.2) is 0 Å². The Labute approximate surface area is 106 Å². The van der Waals surface area contributed by atoms with Gasteiger partial charge in [-0.3, -0.25) is 0 Å². The highest BCUT2D eigenvalue weighted by molar-refractivity contribution is 9.10. The van der Waals surface area contributed by atoms with E-state index >= 15 is 0 Å². The molecule has 1 fully saturated rings. The predicted molar refractivity (Wildman–Crippen MR) is 69.8 cm³/mol. The summed E-state index contributed by atoms with van der Waals surface area (Å²) >= 11 is 3.43. The molecular formula is C13H18BrNO. The first-order valence-electron chi connectivity index (χ1n) is 5.86.